The Balaban J connectivity index is 2.96. The standard InChI is InChI=1S/C12H19NO/c1-8-4-9(2)12(10(3)5-8)6-11(14)7-13/h4-5,11,14H,6-7,13H2,1-3H3. The van der Waals surface area contributed by atoms with Crippen molar-refractivity contribution in [3.05, 3.63) is 34.4 Å². The lowest BCUT2D eigenvalue weighted by Crippen LogP contribution is -2.22. The largest absolute Gasteiger partial charge is 0.391 e. The SMILES string of the molecule is Cc1cc(C)c(CC(O)CN)c(C)c1. The van der Waals surface area contributed by atoms with Gasteiger partial charge in [0, 0.05) is 13.0 Å². The first-order chi connectivity index (χ1) is 6.54. The van der Waals surface area contributed by atoms with Crippen molar-refractivity contribution in [3.8, 4) is 0 Å². The van der Waals surface area contributed by atoms with E-state index >= 15 is 0 Å². The Bertz CT molecular complexity index is 297. The topological polar surface area (TPSA) is 46.2 Å². The van der Waals surface area contributed by atoms with Crippen molar-refractivity contribution in [2.45, 2.75) is 33.3 Å². The van der Waals surface area contributed by atoms with E-state index in [1.165, 1.54) is 22.3 Å². The first-order valence-corrected chi connectivity index (χ1v) is 4.99. The van der Waals surface area contributed by atoms with Crippen molar-refractivity contribution in [2.75, 3.05) is 6.54 Å². The van der Waals surface area contributed by atoms with Crippen LogP contribution in [-0.4, -0.2) is 17.8 Å². The monoisotopic (exact) mass is 193 g/mol. The first-order valence-electron chi connectivity index (χ1n) is 4.99. The summed E-state index contributed by atoms with van der Waals surface area (Å²) in [6.07, 6.45) is 0.240. The van der Waals surface area contributed by atoms with Crippen LogP contribution in [0, 0.1) is 20.8 Å². The van der Waals surface area contributed by atoms with Crippen LogP contribution < -0.4 is 5.73 Å². The van der Waals surface area contributed by atoms with Crippen molar-refractivity contribution in [1.29, 1.82) is 0 Å². The average Bonchev–Trinajstić information content (AvgIpc) is 2.10. The first kappa shape index (κ1) is 11.2. The van der Waals surface area contributed by atoms with E-state index in [2.05, 4.69) is 32.9 Å². The molecule has 78 valence electrons. The maximum absolute atomic E-state index is 9.50. The van der Waals surface area contributed by atoms with Crippen LogP contribution in [0.2, 0.25) is 0 Å². The van der Waals surface area contributed by atoms with Crippen LogP contribution in [0.3, 0.4) is 0 Å². The summed E-state index contributed by atoms with van der Waals surface area (Å²) in [7, 11) is 0. The number of aliphatic hydroxyl groups excluding tert-OH is 1. The van der Waals surface area contributed by atoms with Crippen molar-refractivity contribution in [1.82, 2.24) is 0 Å². The molecule has 0 aliphatic carbocycles. The molecule has 1 aromatic rings. The molecule has 3 N–H and O–H groups in total. The highest BCUT2D eigenvalue weighted by Crippen LogP contribution is 2.17. The molecule has 1 rings (SSSR count). The molecule has 1 unspecified atom stereocenters. The van der Waals surface area contributed by atoms with Crippen LogP contribution in [0.15, 0.2) is 12.1 Å². The number of rotatable bonds is 3. The summed E-state index contributed by atoms with van der Waals surface area (Å²) in [5, 5.41) is 9.50. The summed E-state index contributed by atoms with van der Waals surface area (Å²) in [6, 6.07) is 4.29. The third kappa shape index (κ3) is 2.56. The highest BCUT2D eigenvalue weighted by molar-refractivity contribution is 5.37. The summed E-state index contributed by atoms with van der Waals surface area (Å²) in [5.74, 6) is 0. The lowest BCUT2D eigenvalue weighted by Gasteiger charge is -2.14. The highest BCUT2D eigenvalue weighted by Gasteiger charge is 2.08. The molecule has 0 aromatic heterocycles. The summed E-state index contributed by atoms with van der Waals surface area (Å²) >= 11 is 0. The number of aryl methyl sites for hydroxylation is 3. The maximum Gasteiger partial charge on any atom is 0.0702 e. The van der Waals surface area contributed by atoms with Crippen LogP contribution in [0.4, 0.5) is 0 Å². The molecule has 0 amide bonds. The second-order valence-electron chi connectivity index (χ2n) is 3.97. The van der Waals surface area contributed by atoms with E-state index in [1.807, 2.05) is 0 Å². The van der Waals surface area contributed by atoms with Crippen molar-refractivity contribution in [2.24, 2.45) is 5.73 Å². The van der Waals surface area contributed by atoms with E-state index in [0.29, 0.717) is 13.0 Å². The van der Waals surface area contributed by atoms with Gasteiger partial charge in [0.1, 0.15) is 0 Å². The zero-order chi connectivity index (χ0) is 10.7. The highest BCUT2D eigenvalue weighted by atomic mass is 16.3. The van der Waals surface area contributed by atoms with Crippen LogP contribution in [0.5, 0.6) is 0 Å². The molecule has 0 spiro atoms. The normalized spacial score (nSPS) is 12.9. The fraction of sp³-hybridized carbons (Fsp3) is 0.500. The molecule has 2 heteroatoms. The van der Waals surface area contributed by atoms with Gasteiger partial charge < -0.3 is 10.8 Å². The van der Waals surface area contributed by atoms with Gasteiger partial charge in [-0.2, -0.15) is 0 Å². The zero-order valence-electron chi connectivity index (χ0n) is 9.17. The quantitative estimate of drug-likeness (QED) is 0.763. The maximum atomic E-state index is 9.50. The fourth-order valence-corrected chi connectivity index (χ4v) is 1.85. The third-order valence-electron chi connectivity index (χ3n) is 2.55. The third-order valence-corrected chi connectivity index (χ3v) is 2.55. The summed E-state index contributed by atoms with van der Waals surface area (Å²) in [4.78, 5) is 0. The lowest BCUT2D eigenvalue weighted by molar-refractivity contribution is 0.183. The molecule has 0 saturated heterocycles. The van der Waals surface area contributed by atoms with E-state index in [0.717, 1.165) is 0 Å². The Morgan fingerprint density at radius 3 is 2.14 bits per heavy atom. The summed E-state index contributed by atoms with van der Waals surface area (Å²) in [5.41, 5.74) is 10.4. The van der Waals surface area contributed by atoms with E-state index in [1.54, 1.807) is 0 Å². The molecule has 0 radical (unpaired) electrons. The second-order valence-corrected chi connectivity index (χ2v) is 3.97. The molecule has 0 aliphatic heterocycles. The predicted octanol–water partition coefficient (Wildman–Crippen LogP) is 1.47. The number of aliphatic hydroxyl groups is 1. The molecule has 0 fully saturated rings. The zero-order valence-corrected chi connectivity index (χ0v) is 9.17. The molecular weight excluding hydrogens is 174 g/mol. The lowest BCUT2D eigenvalue weighted by atomic mass is 9.95. The fourth-order valence-electron chi connectivity index (χ4n) is 1.85. The Morgan fingerprint density at radius 2 is 1.71 bits per heavy atom. The van der Waals surface area contributed by atoms with Gasteiger partial charge >= 0.3 is 0 Å². The summed E-state index contributed by atoms with van der Waals surface area (Å²) in [6.45, 7) is 6.58. The molecule has 1 aromatic carbocycles. The van der Waals surface area contributed by atoms with Gasteiger partial charge in [-0.3, -0.25) is 0 Å². The average molecular weight is 193 g/mol. The molecule has 0 saturated carbocycles. The molecule has 2 nitrogen and oxygen atoms in total. The predicted molar refractivity (Wildman–Crippen MR) is 59.4 cm³/mol. The van der Waals surface area contributed by atoms with Gasteiger partial charge in [-0.05, 0) is 37.5 Å². The number of benzene rings is 1. The summed E-state index contributed by atoms with van der Waals surface area (Å²) < 4.78 is 0. The van der Waals surface area contributed by atoms with Gasteiger partial charge in [0.2, 0.25) is 0 Å². The molecular formula is C12H19NO. The van der Waals surface area contributed by atoms with E-state index in [4.69, 9.17) is 5.73 Å². The molecule has 0 bridgehead atoms. The number of hydrogen-bond donors (Lipinski definition) is 2. The van der Waals surface area contributed by atoms with E-state index in [9.17, 15) is 5.11 Å². The van der Waals surface area contributed by atoms with Crippen LogP contribution >= 0.6 is 0 Å². The van der Waals surface area contributed by atoms with Gasteiger partial charge in [0.25, 0.3) is 0 Å². The van der Waals surface area contributed by atoms with Crippen molar-refractivity contribution >= 4 is 0 Å². The van der Waals surface area contributed by atoms with E-state index < -0.39 is 6.10 Å². The minimum atomic E-state index is -0.421. The minimum Gasteiger partial charge on any atom is -0.391 e. The Morgan fingerprint density at radius 1 is 1.21 bits per heavy atom. The minimum absolute atomic E-state index is 0.326. The van der Waals surface area contributed by atoms with E-state index in [-0.39, 0.29) is 0 Å². The second kappa shape index (κ2) is 4.58. The van der Waals surface area contributed by atoms with Crippen LogP contribution in [-0.2, 0) is 6.42 Å². The van der Waals surface area contributed by atoms with Crippen molar-refractivity contribution < 1.29 is 5.11 Å². The molecule has 0 aliphatic rings. The Kier molecular flexibility index (Phi) is 3.67. The smallest absolute Gasteiger partial charge is 0.0702 e. The Labute approximate surface area is 85.8 Å². The molecule has 14 heavy (non-hydrogen) atoms. The number of hydrogen-bond acceptors (Lipinski definition) is 2. The van der Waals surface area contributed by atoms with Gasteiger partial charge in [0.05, 0.1) is 6.10 Å². The number of nitrogens with two attached hydrogens (primary N) is 1. The van der Waals surface area contributed by atoms with Crippen LogP contribution in [0.1, 0.15) is 22.3 Å². The van der Waals surface area contributed by atoms with Crippen molar-refractivity contribution in [3.63, 3.8) is 0 Å². The molecule has 0 heterocycles. The van der Waals surface area contributed by atoms with Gasteiger partial charge in [-0.25, -0.2) is 0 Å². The Hall–Kier alpha value is -0.860. The van der Waals surface area contributed by atoms with Crippen LogP contribution in [0.25, 0.3) is 0 Å². The molecule has 1 atom stereocenters. The van der Waals surface area contributed by atoms with Gasteiger partial charge in [0.15, 0.2) is 0 Å². The van der Waals surface area contributed by atoms with Gasteiger partial charge in [-0.15, -0.1) is 0 Å². The van der Waals surface area contributed by atoms with Gasteiger partial charge in [-0.1, -0.05) is 17.7 Å².